The van der Waals surface area contributed by atoms with E-state index < -0.39 is 28.9 Å². The van der Waals surface area contributed by atoms with Gasteiger partial charge in [0, 0.05) is 0 Å². The summed E-state index contributed by atoms with van der Waals surface area (Å²) in [5, 5.41) is -3.35. The normalized spacial score (nSPS) is 33.8. The Morgan fingerprint density at radius 3 is 2.29 bits per heavy atom. The van der Waals surface area contributed by atoms with Gasteiger partial charge in [0.15, 0.2) is 6.17 Å². The molecule has 14 heavy (non-hydrogen) atoms. The first-order valence-corrected chi connectivity index (χ1v) is 3.72. The molecule has 0 heterocycles. The third kappa shape index (κ3) is 2.05. The summed E-state index contributed by atoms with van der Waals surface area (Å²) in [5.74, 6) is -1.86. The second-order valence-corrected chi connectivity index (χ2v) is 3.23. The van der Waals surface area contributed by atoms with Gasteiger partial charge >= 0.3 is 6.18 Å². The molecule has 0 N–H and O–H groups in total. The maximum absolute atomic E-state index is 12.8. The van der Waals surface area contributed by atoms with Crippen LogP contribution in [-0.4, -0.2) is 17.5 Å². The molecular formula is C7H3ClF6. The Morgan fingerprint density at radius 2 is 1.86 bits per heavy atom. The lowest BCUT2D eigenvalue weighted by molar-refractivity contribution is -0.0927. The summed E-state index contributed by atoms with van der Waals surface area (Å²) in [6.45, 7) is 0. The summed E-state index contributed by atoms with van der Waals surface area (Å²) in [7, 11) is 0. The summed E-state index contributed by atoms with van der Waals surface area (Å²) in [6, 6.07) is 0. The highest BCUT2D eigenvalue weighted by molar-refractivity contribution is 6.25. The van der Waals surface area contributed by atoms with Gasteiger partial charge < -0.3 is 0 Å². The Bertz CT molecular complexity index is 300. The van der Waals surface area contributed by atoms with Crippen LogP contribution in [0.25, 0.3) is 0 Å². The zero-order chi connectivity index (χ0) is 11.1. The molecule has 1 aliphatic rings. The summed E-state index contributed by atoms with van der Waals surface area (Å²) < 4.78 is 73.8. The van der Waals surface area contributed by atoms with Crippen molar-refractivity contribution in [3.05, 3.63) is 23.6 Å². The fraction of sp³-hybridized carbons (Fsp3) is 0.429. The van der Waals surface area contributed by atoms with Crippen LogP contribution in [0.3, 0.4) is 0 Å². The van der Waals surface area contributed by atoms with E-state index in [0.29, 0.717) is 0 Å². The third-order valence-corrected chi connectivity index (χ3v) is 1.88. The highest BCUT2D eigenvalue weighted by atomic mass is 35.5. The second kappa shape index (κ2) is 3.18. The molecular weight excluding hydrogens is 234 g/mol. The molecule has 0 aromatic rings. The van der Waals surface area contributed by atoms with Crippen LogP contribution < -0.4 is 0 Å². The first-order valence-electron chi connectivity index (χ1n) is 3.34. The zero-order valence-corrected chi connectivity index (χ0v) is 7.13. The molecule has 0 amide bonds. The van der Waals surface area contributed by atoms with E-state index in [9.17, 15) is 26.3 Å². The van der Waals surface area contributed by atoms with Gasteiger partial charge in [-0.15, -0.1) is 0 Å². The standard InChI is InChI=1S/C7H3ClF6/c8-6(11)2-3(7(12,13)14)4(9)1-5(6)10/h1-2,5H. The van der Waals surface area contributed by atoms with E-state index >= 15 is 0 Å². The second-order valence-electron chi connectivity index (χ2n) is 2.65. The smallest absolute Gasteiger partial charge is 0.237 e. The van der Waals surface area contributed by atoms with E-state index in [1.165, 1.54) is 0 Å². The molecule has 0 saturated carbocycles. The van der Waals surface area contributed by atoms with Crippen molar-refractivity contribution in [2.24, 2.45) is 0 Å². The quantitative estimate of drug-likeness (QED) is 0.445. The molecule has 7 heteroatoms. The van der Waals surface area contributed by atoms with E-state index in [-0.39, 0.29) is 12.2 Å². The summed E-state index contributed by atoms with van der Waals surface area (Å²) in [4.78, 5) is 0. The van der Waals surface area contributed by atoms with Crippen LogP contribution in [0.5, 0.6) is 0 Å². The summed E-state index contributed by atoms with van der Waals surface area (Å²) in [6.07, 6.45) is -8.17. The predicted molar refractivity (Wildman–Crippen MR) is 37.9 cm³/mol. The molecule has 0 nitrogen and oxygen atoms in total. The molecule has 0 saturated heterocycles. The average Bonchev–Trinajstić information content (AvgIpc) is 1.95. The van der Waals surface area contributed by atoms with Crippen molar-refractivity contribution >= 4 is 11.6 Å². The predicted octanol–water partition coefficient (Wildman–Crippen LogP) is 3.58. The maximum atomic E-state index is 12.8. The van der Waals surface area contributed by atoms with Crippen molar-refractivity contribution in [3.63, 3.8) is 0 Å². The van der Waals surface area contributed by atoms with Crippen molar-refractivity contribution in [2.45, 2.75) is 17.5 Å². The van der Waals surface area contributed by atoms with E-state index in [1.807, 2.05) is 0 Å². The molecule has 2 atom stereocenters. The van der Waals surface area contributed by atoms with Gasteiger partial charge in [0.2, 0.25) is 5.13 Å². The van der Waals surface area contributed by atoms with Crippen molar-refractivity contribution in [1.82, 2.24) is 0 Å². The van der Waals surface area contributed by atoms with Crippen molar-refractivity contribution in [3.8, 4) is 0 Å². The molecule has 0 aromatic heterocycles. The Hall–Kier alpha value is -0.650. The molecule has 0 radical (unpaired) electrons. The molecule has 0 aromatic carbocycles. The van der Waals surface area contributed by atoms with E-state index in [2.05, 4.69) is 0 Å². The SMILES string of the molecule is FC1=CC(F)C(F)(Cl)C=C1C(F)(F)F. The molecule has 0 fully saturated rings. The number of alkyl halides is 6. The van der Waals surface area contributed by atoms with Gasteiger partial charge in [-0.05, 0) is 12.2 Å². The zero-order valence-electron chi connectivity index (χ0n) is 6.38. The van der Waals surface area contributed by atoms with Gasteiger partial charge in [-0.1, -0.05) is 11.6 Å². The molecule has 80 valence electrons. The third-order valence-electron chi connectivity index (χ3n) is 1.56. The molecule has 0 bridgehead atoms. The minimum absolute atomic E-state index is 0.143. The van der Waals surface area contributed by atoms with Gasteiger partial charge in [-0.2, -0.15) is 13.2 Å². The topological polar surface area (TPSA) is 0 Å². The number of halogens is 7. The number of rotatable bonds is 0. The minimum Gasteiger partial charge on any atom is -0.237 e. The van der Waals surface area contributed by atoms with Gasteiger partial charge in [0.25, 0.3) is 0 Å². The molecule has 0 aliphatic heterocycles. The molecule has 1 aliphatic carbocycles. The van der Waals surface area contributed by atoms with Gasteiger partial charge in [0.1, 0.15) is 5.83 Å². The Labute approximate surface area is 79.8 Å². The monoisotopic (exact) mass is 236 g/mol. The maximum Gasteiger partial charge on any atom is 0.419 e. The van der Waals surface area contributed by atoms with E-state index in [1.54, 1.807) is 0 Å². The highest BCUT2D eigenvalue weighted by Crippen LogP contribution is 2.41. The van der Waals surface area contributed by atoms with Crippen molar-refractivity contribution in [1.29, 1.82) is 0 Å². The first-order chi connectivity index (χ1) is 6.14. The van der Waals surface area contributed by atoms with Crippen LogP contribution in [0.2, 0.25) is 0 Å². The Kier molecular flexibility index (Phi) is 2.60. The first kappa shape index (κ1) is 11.4. The molecule has 1 rings (SSSR count). The van der Waals surface area contributed by atoms with Gasteiger partial charge in [-0.3, -0.25) is 0 Å². The number of hydrogen-bond acceptors (Lipinski definition) is 0. The van der Waals surface area contributed by atoms with Crippen LogP contribution in [0.4, 0.5) is 26.3 Å². The Balaban J connectivity index is 3.14. The lowest BCUT2D eigenvalue weighted by Crippen LogP contribution is -2.31. The van der Waals surface area contributed by atoms with Gasteiger partial charge in [0.05, 0.1) is 5.57 Å². The van der Waals surface area contributed by atoms with Crippen LogP contribution in [0, 0.1) is 0 Å². The number of hydrogen-bond donors (Lipinski definition) is 0. The summed E-state index contributed by atoms with van der Waals surface area (Å²) in [5.41, 5.74) is -1.90. The van der Waals surface area contributed by atoms with Crippen LogP contribution >= 0.6 is 11.6 Å². The highest BCUT2D eigenvalue weighted by Gasteiger charge is 2.46. The van der Waals surface area contributed by atoms with Crippen molar-refractivity contribution in [2.75, 3.05) is 0 Å². The largest absolute Gasteiger partial charge is 0.419 e. The summed E-state index contributed by atoms with van der Waals surface area (Å²) >= 11 is 4.76. The Morgan fingerprint density at radius 1 is 1.36 bits per heavy atom. The average molecular weight is 237 g/mol. The minimum atomic E-state index is -5.09. The van der Waals surface area contributed by atoms with Crippen LogP contribution in [0.1, 0.15) is 0 Å². The van der Waals surface area contributed by atoms with E-state index in [0.717, 1.165) is 0 Å². The van der Waals surface area contributed by atoms with Crippen molar-refractivity contribution < 1.29 is 26.3 Å². The fourth-order valence-corrected chi connectivity index (χ4v) is 1.06. The van der Waals surface area contributed by atoms with Crippen LogP contribution in [-0.2, 0) is 0 Å². The molecule has 2 unspecified atom stereocenters. The number of allylic oxidation sites excluding steroid dienone is 4. The fourth-order valence-electron chi connectivity index (χ4n) is 0.888. The van der Waals surface area contributed by atoms with Crippen LogP contribution in [0.15, 0.2) is 23.6 Å². The molecule has 0 spiro atoms. The van der Waals surface area contributed by atoms with E-state index in [4.69, 9.17) is 11.6 Å². The lowest BCUT2D eigenvalue weighted by atomic mass is 10.0. The lowest BCUT2D eigenvalue weighted by Gasteiger charge is -2.23. The van der Waals surface area contributed by atoms with Gasteiger partial charge in [-0.25, -0.2) is 13.2 Å².